The van der Waals surface area contributed by atoms with E-state index in [9.17, 15) is 14.4 Å². The van der Waals surface area contributed by atoms with Gasteiger partial charge in [0, 0.05) is 24.0 Å². The van der Waals surface area contributed by atoms with Gasteiger partial charge in [-0.05, 0) is 61.9 Å². The summed E-state index contributed by atoms with van der Waals surface area (Å²) in [5.74, 6) is -1.90. The highest BCUT2D eigenvalue weighted by Crippen LogP contribution is 2.27. The number of hydrogen-bond donors (Lipinski definition) is 0. The number of methoxy groups -OCH3 is 1. The normalized spacial score (nSPS) is 11.1. The molecule has 1 heterocycles. The third-order valence-electron chi connectivity index (χ3n) is 4.78. The van der Waals surface area contributed by atoms with Crippen LogP contribution in [0.25, 0.3) is 11.8 Å². The quantitative estimate of drug-likeness (QED) is 0.218. The molecule has 0 aliphatic carbocycles. The predicted molar refractivity (Wildman–Crippen MR) is 123 cm³/mol. The first-order chi connectivity index (χ1) is 15.7. The summed E-state index contributed by atoms with van der Waals surface area (Å²) in [4.78, 5) is 36.1. The Morgan fingerprint density at radius 3 is 2.30 bits per heavy atom. The first kappa shape index (κ1) is 23.8. The molecule has 0 N–H and O–H groups in total. The van der Waals surface area contributed by atoms with Crippen molar-refractivity contribution in [1.82, 2.24) is 4.57 Å². The first-order valence-electron chi connectivity index (χ1n) is 9.95. The molecule has 0 bridgehead atoms. The number of ether oxygens (including phenoxy) is 3. The summed E-state index contributed by atoms with van der Waals surface area (Å²) in [5, 5.41) is 0.246. The fourth-order valence-electron chi connectivity index (χ4n) is 3.32. The van der Waals surface area contributed by atoms with Gasteiger partial charge in [0.05, 0.1) is 17.7 Å². The van der Waals surface area contributed by atoms with E-state index in [1.54, 1.807) is 48.5 Å². The first-order valence-corrected chi connectivity index (χ1v) is 10.3. The molecule has 3 aromatic rings. The largest absolute Gasteiger partial charge is 0.465 e. The van der Waals surface area contributed by atoms with Gasteiger partial charge >= 0.3 is 17.9 Å². The fourth-order valence-corrected chi connectivity index (χ4v) is 3.57. The third kappa shape index (κ3) is 5.51. The monoisotopic (exact) mass is 467 g/mol. The van der Waals surface area contributed by atoms with Crippen molar-refractivity contribution in [3.63, 3.8) is 0 Å². The Labute approximate surface area is 196 Å². The summed E-state index contributed by atoms with van der Waals surface area (Å²) in [7, 11) is 1.29. The lowest BCUT2D eigenvalue weighted by Gasteiger charge is -2.12. The molecule has 1 aromatic heterocycles. The fraction of sp³-hybridized carbons (Fsp3) is 0.160. The zero-order valence-corrected chi connectivity index (χ0v) is 19.3. The number of carbonyl (C=O) groups is 3. The van der Waals surface area contributed by atoms with Crippen molar-refractivity contribution in [2.45, 2.75) is 20.8 Å². The van der Waals surface area contributed by atoms with Gasteiger partial charge in [-0.15, -0.1) is 0 Å². The molecular weight excluding hydrogens is 446 g/mol. The second kappa shape index (κ2) is 10.2. The molecule has 3 rings (SSSR count). The van der Waals surface area contributed by atoms with Crippen LogP contribution in [0.4, 0.5) is 0 Å². The molecule has 0 fully saturated rings. The van der Waals surface area contributed by atoms with Crippen LogP contribution in [0.1, 0.15) is 34.2 Å². The van der Waals surface area contributed by atoms with Crippen molar-refractivity contribution >= 4 is 35.6 Å². The molecule has 0 amide bonds. The number of aromatic nitrogens is 1. The highest BCUT2D eigenvalue weighted by Gasteiger charge is 2.19. The second-order valence-corrected chi connectivity index (χ2v) is 7.53. The van der Waals surface area contributed by atoms with Crippen molar-refractivity contribution in [2.75, 3.05) is 7.11 Å². The van der Waals surface area contributed by atoms with Crippen molar-refractivity contribution in [3.8, 4) is 11.4 Å². The molecule has 0 atom stereocenters. The van der Waals surface area contributed by atoms with Gasteiger partial charge in [0.15, 0.2) is 0 Å². The van der Waals surface area contributed by atoms with Gasteiger partial charge in [0.2, 0.25) is 5.76 Å². The summed E-state index contributed by atoms with van der Waals surface area (Å²) < 4.78 is 17.1. The number of esters is 3. The number of aryl methyl sites for hydroxylation is 1. The minimum absolute atomic E-state index is 0.245. The van der Waals surface area contributed by atoms with Gasteiger partial charge in [-0.2, -0.15) is 0 Å². The van der Waals surface area contributed by atoms with Crippen LogP contribution in [0.3, 0.4) is 0 Å². The zero-order valence-electron chi connectivity index (χ0n) is 18.5. The molecular formula is C25H22ClNO6. The maximum absolute atomic E-state index is 12.7. The lowest BCUT2D eigenvalue weighted by Crippen LogP contribution is -2.15. The van der Waals surface area contributed by atoms with Crippen LogP contribution < -0.4 is 4.74 Å². The number of para-hydroxylation sites is 1. The van der Waals surface area contributed by atoms with Gasteiger partial charge in [-0.3, -0.25) is 4.79 Å². The SMILES string of the molecule is COC(=O)c1ccc(-n2c(C)cc(C=C(OC(C)=O)C(=O)Oc3ccccc3)c2C)cc1Cl. The molecule has 7 nitrogen and oxygen atoms in total. The standard InChI is InChI=1S/C25H22ClNO6/c1-15-12-18(13-23(32-17(3)28)25(30)33-20-8-6-5-7-9-20)16(2)27(15)19-10-11-21(22(26)14-19)24(29)31-4/h5-14H,1-4H3. The maximum atomic E-state index is 12.7. The van der Waals surface area contributed by atoms with Gasteiger partial charge in [0.25, 0.3) is 0 Å². The Hall–Kier alpha value is -3.84. The average molecular weight is 468 g/mol. The Kier molecular flexibility index (Phi) is 7.35. The van der Waals surface area contributed by atoms with Crippen LogP contribution in [0.5, 0.6) is 5.75 Å². The van der Waals surface area contributed by atoms with E-state index in [0.717, 1.165) is 11.4 Å². The Morgan fingerprint density at radius 1 is 1.00 bits per heavy atom. The number of benzene rings is 2. The van der Waals surface area contributed by atoms with Crippen LogP contribution in [-0.4, -0.2) is 29.6 Å². The average Bonchev–Trinajstić information content (AvgIpc) is 3.05. The smallest absolute Gasteiger partial charge is 0.379 e. The molecule has 0 aliphatic heterocycles. The summed E-state index contributed by atoms with van der Waals surface area (Å²) in [6.45, 7) is 4.92. The summed E-state index contributed by atoms with van der Waals surface area (Å²) >= 11 is 6.28. The molecule has 33 heavy (non-hydrogen) atoms. The molecule has 0 spiro atoms. The van der Waals surface area contributed by atoms with E-state index >= 15 is 0 Å². The highest BCUT2D eigenvalue weighted by molar-refractivity contribution is 6.33. The van der Waals surface area contributed by atoms with E-state index in [-0.39, 0.29) is 16.3 Å². The lowest BCUT2D eigenvalue weighted by molar-refractivity contribution is -0.145. The van der Waals surface area contributed by atoms with E-state index in [0.29, 0.717) is 17.0 Å². The van der Waals surface area contributed by atoms with E-state index < -0.39 is 17.9 Å². The van der Waals surface area contributed by atoms with Crippen LogP contribution in [0.15, 0.2) is 60.4 Å². The summed E-state index contributed by atoms with van der Waals surface area (Å²) in [6.07, 6.45) is 1.45. The Balaban J connectivity index is 1.99. The topological polar surface area (TPSA) is 83.8 Å². The zero-order chi connectivity index (χ0) is 24.1. The second-order valence-electron chi connectivity index (χ2n) is 7.12. The van der Waals surface area contributed by atoms with Crippen molar-refractivity contribution in [1.29, 1.82) is 0 Å². The van der Waals surface area contributed by atoms with E-state index in [1.807, 2.05) is 24.5 Å². The molecule has 170 valence electrons. The molecule has 2 aromatic carbocycles. The number of halogens is 1. The van der Waals surface area contributed by atoms with Gasteiger partial charge < -0.3 is 18.8 Å². The van der Waals surface area contributed by atoms with E-state index in [2.05, 4.69) is 0 Å². The van der Waals surface area contributed by atoms with E-state index in [4.69, 9.17) is 25.8 Å². The maximum Gasteiger partial charge on any atom is 0.379 e. The predicted octanol–water partition coefficient (Wildman–Crippen LogP) is 5.04. The molecule has 0 saturated carbocycles. The molecule has 0 radical (unpaired) electrons. The van der Waals surface area contributed by atoms with Gasteiger partial charge in [-0.25, -0.2) is 9.59 Å². The summed E-state index contributed by atoms with van der Waals surface area (Å²) in [5.41, 5.74) is 3.20. The lowest BCUT2D eigenvalue weighted by atomic mass is 10.2. The van der Waals surface area contributed by atoms with Crippen LogP contribution >= 0.6 is 11.6 Å². The van der Waals surface area contributed by atoms with Gasteiger partial charge in [-0.1, -0.05) is 29.8 Å². The van der Waals surface area contributed by atoms with Crippen molar-refractivity contribution < 1.29 is 28.6 Å². The van der Waals surface area contributed by atoms with Crippen molar-refractivity contribution in [3.05, 3.63) is 87.9 Å². The van der Waals surface area contributed by atoms with Crippen LogP contribution in [0.2, 0.25) is 5.02 Å². The Bertz CT molecular complexity index is 1240. The van der Waals surface area contributed by atoms with E-state index in [1.165, 1.54) is 20.1 Å². The number of nitrogens with zero attached hydrogens (tertiary/aromatic N) is 1. The molecule has 0 saturated heterocycles. The third-order valence-corrected chi connectivity index (χ3v) is 5.09. The minimum atomic E-state index is -0.799. The highest BCUT2D eigenvalue weighted by atomic mass is 35.5. The van der Waals surface area contributed by atoms with Crippen LogP contribution in [-0.2, 0) is 19.1 Å². The summed E-state index contributed by atoms with van der Waals surface area (Å²) in [6, 6.07) is 15.3. The molecule has 0 aliphatic rings. The van der Waals surface area contributed by atoms with Crippen molar-refractivity contribution in [2.24, 2.45) is 0 Å². The minimum Gasteiger partial charge on any atom is -0.465 e. The Morgan fingerprint density at radius 2 is 1.70 bits per heavy atom. The number of rotatable bonds is 6. The molecule has 8 heteroatoms. The van der Waals surface area contributed by atoms with Gasteiger partial charge in [0.1, 0.15) is 5.75 Å². The molecule has 0 unspecified atom stereocenters. The number of carbonyl (C=O) groups excluding carboxylic acids is 3. The van der Waals surface area contributed by atoms with Crippen LogP contribution in [0, 0.1) is 13.8 Å². The number of hydrogen-bond acceptors (Lipinski definition) is 6.